The Labute approximate surface area is 140 Å². The fraction of sp³-hybridized carbons (Fsp3) is 0.412. The van der Waals surface area contributed by atoms with Crippen molar-refractivity contribution in [3.8, 4) is 0 Å². The predicted molar refractivity (Wildman–Crippen MR) is 95.1 cm³/mol. The van der Waals surface area contributed by atoms with Crippen LogP contribution < -0.4 is 10.2 Å². The lowest BCUT2D eigenvalue weighted by molar-refractivity contribution is -0.121. The van der Waals surface area contributed by atoms with E-state index in [1.165, 1.54) is 17.0 Å². The number of nitrogens with one attached hydrogen (secondary N) is 1. The van der Waals surface area contributed by atoms with Gasteiger partial charge in [0.2, 0.25) is 5.91 Å². The van der Waals surface area contributed by atoms with Crippen molar-refractivity contribution in [2.24, 2.45) is 0 Å². The molecule has 0 aliphatic carbocycles. The maximum absolute atomic E-state index is 12.5. The fourth-order valence-corrected chi connectivity index (χ4v) is 3.55. The number of nitrogens with zero attached hydrogens (tertiary/aromatic N) is 3. The molecule has 1 fully saturated rings. The summed E-state index contributed by atoms with van der Waals surface area (Å²) in [6.07, 6.45) is 2.52. The molecule has 0 spiro atoms. The molecule has 1 aromatic carbocycles. The molecular weight excluding hydrogens is 308 g/mol. The molecule has 1 aliphatic heterocycles. The van der Waals surface area contributed by atoms with Gasteiger partial charge in [-0.15, -0.1) is 11.3 Å². The molecule has 23 heavy (non-hydrogen) atoms. The number of rotatable bonds is 5. The van der Waals surface area contributed by atoms with Crippen molar-refractivity contribution in [1.82, 2.24) is 9.88 Å². The topological polar surface area (TPSA) is 48.5 Å². The summed E-state index contributed by atoms with van der Waals surface area (Å²) in [5.41, 5.74) is 1.26. The molecule has 1 aliphatic rings. The Bertz CT molecular complexity index is 609. The van der Waals surface area contributed by atoms with Gasteiger partial charge in [0.1, 0.15) is 0 Å². The van der Waals surface area contributed by atoms with Crippen LogP contribution in [0, 0.1) is 0 Å². The standard InChI is InChI=1S/C17H22N4OS/c1-2-15(16(22)19-17-18-8-13-23-17)21-11-9-20(10-12-21)14-6-4-3-5-7-14/h3-8,13,15H,2,9-12H2,1H3,(H,18,19,22)/t15-/m0/s1. The zero-order valence-electron chi connectivity index (χ0n) is 13.3. The van der Waals surface area contributed by atoms with Gasteiger partial charge in [0.15, 0.2) is 5.13 Å². The number of carbonyl (C=O) groups is 1. The van der Waals surface area contributed by atoms with Crippen molar-refractivity contribution in [3.63, 3.8) is 0 Å². The Hall–Kier alpha value is -1.92. The van der Waals surface area contributed by atoms with Crippen molar-refractivity contribution in [2.45, 2.75) is 19.4 Å². The monoisotopic (exact) mass is 330 g/mol. The minimum atomic E-state index is -0.0863. The van der Waals surface area contributed by atoms with Crippen molar-refractivity contribution < 1.29 is 4.79 Å². The van der Waals surface area contributed by atoms with Gasteiger partial charge in [-0.05, 0) is 18.6 Å². The Morgan fingerprint density at radius 2 is 2.00 bits per heavy atom. The van der Waals surface area contributed by atoms with Crippen LogP contribution in [0.3, 0.4) is 0 Å². The van der Waals surface area contributed by atoms with Gasteiger partial charge in [0, 0.05) is 43.4 Å². The molecule has 2 heterocycles. The summed E-state index contributed by atoms with van der Waals surface area (Å²) in [5, 5.41) is 5.47. The molecule has 1 atom stereocenters. The number of para-hydroxylation sites is 1. The normalized spacial score (nSPS) is 17.0. The van der Waals surface area contributed by atoms with Gasteiger partial charge in [-0.1, -0.05) is 25.1 Å². The van der Waals surface area contributed by atoms with Crippen LogP contribution in [0.25, 0.3) is 0 Å². The number of benzene rings is 1. The van der Waals surface area contributed by atoms with Gasteiger partial charge < -0.3 is 10.2 Å². The number of piperazine rings is 1. The Morgan fingerprint density at radius 1 is 1.26 bits per heavy atom. The molecule has 0 bridgehead atoms. The molecule has 0 radical (unpaired) electrons. The minimum absolute atomic E-state index is 0.0515. The Kier molecular flexibility index (Phi) is 5.25. The Morgan fingerprint density at radius 3 is 2.61 bits per heavy atom. The van der Waals surface area contributed by atoms with Gasteiger partial charge in [-0.2, -0.15) is 0 Å². The van der Waals surface area contributed by atoms with E-state index >= 15 is 0 Å². The van der Waals surface area contributed by atoms with Crippen molar-refractivity contribution in [2.75, 3.05) is 36.4 Å². The average Bonchev–Trinajstić information content (AvgIpc) is 3.10. The highest BCUT2D eigenvalue weighted by Gasteiger charge is 2.28. The van der Waals surface area contributed by atoms with Gasteiger partial charge in [-0.25, -0.2) is 4.98 Å². The predicted octanol–water partition coefficient (Wildman–Crippen LogP) is 2.68. The van der Waals surface area contributed by atoms with E-state index in [1.807, 2.05) is 11.4 Å². The molecule has 1 amide bonds. The summed E-state index contributed by atoms with van der Waals surface area (Å²) in [4.78, 5) is 21.3. The second kappa shape index (κ2) is 7.57. The molecule has 122 valence electrons. The number of thiazole rings is 1. The summed E-state index contributed by atoms with van der Waals surface area (Å²) in [7, 11) is 0. The lowest BCUT2D eigenvalue weighted by Crippen LogP contribution is -2.53. The van der Waals surface area contributed by atoms with Crippen molar-refractivity contribution >= 4 is 28.1 Å². The molecular formula is C17H22N4OS. The van der Waals surface area contributed by atoms with Gasteiger partial charge in [0.05, 0.1) is 6.04 Å². The lowest BCUT2D eigenvalue weighted by Gasteiger charge is -2.39. The third kappa shape index (κ3) is 3.89. The number of hydrogen-bond acceptors (Lipinski definition) is 5. The van der Waals surface area contributed by atoms with Gasteiger partial charge in [0.25, 0.3) is 0 Å². The van der Waals surface area contributed by atoms with Gasteiger partial charge >= 0.3 is 0 Å². The molecule has 1 N–H and O–H groups in total. The van der Waals surface area contributed by atoms with E-state index in [1.54, 1.807) is 6.20 Å². The first-order valence-electron chi connectivity index (χ1n) is 8.02. The molecule has 3 rings (SSSR count). The van der Waals surface area contributed by atoms with Crippen LogP contribution in [-0.4, -0.2) is 48.0 Å². The van der Waals surface area contributed by atoms with Crippen LogP contribution in [-0.2, 0) is 4.79 Å². The summed E-state index contributed by atoms with van der Waals surface area (Å²) >= 11 is 1.45. The van der Waals surface area contributed by atoms with Crippen LogP contribution in [0.15, 0.2) is 41.9 Å². The molecule has 6 heteroatoms. The molecule has 1 saturated heterocycles. The highest BCUT2D eigenvalue weighted by molar-refractivity contribution is 7.13. The summed E-state index contributed by atoms with van der Waals surface area (Å²) < 4.78 is 0. The average molecular weight is 330 g/mol. The van der Waals surface area contributed by atoms with E-state index in [9.17, 15) is 4.79 Å². The van der Waals surface area contributed by atoms with Crippen LogP contribution in [0.2, 0.25) is 0 Å². The first-order chi connectivity index (χ1) is 11.3. The maximum Gasteiger partial charge on any atom is 0.243 e. The SMILES string of the molecule is CC[C@@H](C(=O)Nc1nccs1)N1CCN(c2ccccc2)CC1. The highest BCUT2D eigenvalue weighted by atomic mass is 32.1. The van der Waals surface area contributed by atoms with Crippen LogP contribution >= 0.6 is 11.3 Å². The van der Waals surface area contributed by atoms with E-state index < -0.39 is 0 Å². The van der Waals surface area contributed by atoms with Crippen LogP contribution in [0.4, 0.5) is 10.8 Å². The fourth-order valence-electron chi connectivity index (χ4n) is 3.01. The van der Waals surface area contributed by atoms with E-state index in [2.05, 4.69) is 51.3 Å². The first kappa shape index (κ1) is 16.0. The lowest BCUT2D eigenvalue weighted by atomic mass is 10.1. The third-order valence-electron chi connectivity index (χ3n) is 4.23. The maximum atomic E-state index is 12.5. The summed E-state index contributed by atoms with van der Waals surface area (Å²) in [5.74, 6) is 0.0515. The number of aromatic nitrogens is 1. The summed E-state index contributed by atoms with van der Waals surface area (Å²) in [6, 6.07) is 10.4. The summed E-state index contributed by atoms with van der Waals surface area (Å²) in [6.45, 7) is 5.77. The van der Waals surface area contributed by atoms with E-state index in [0.29, 0.717) is 5.13 Å². The third-order valence-corrected chi connectivity index (χ3v) is 4.92. The molecule has 5 nitrogen and oxygen atoms in total. The zero-order valence-corrected chi connectivity index (χ0v) is 14.1. The van der Waals surface area contributed by atoms with Crippen LogP contribution in [0.5, 0.6) is 0 Å². The largest absolute Gasteiger partial charge is 0.369 e. The highest BCUT2D eigenvalue weighted by Crippen LogP contribution is 2.18. The molecule has 0 saturated carbocycles. The van der Waals surface area contributed by atoms with E-state index in [0.717, 1.165) is 32.6 Å². The molecule has 1 aromatic heterocycles. The minimum Gasteiger partial charge on any atom is -0.369 e. The second-order valence-electron chi connectivity index (χ2n) is 5.61. The number of carbonyl (C=O) groups excluding carboxylic acids is 1. The molecule has 0 unspecified atom stereocenters. The van der Waals surface area contributed by atoms with Crippen molar-refractivity contribution in [1.29, 1.82) is 0 Å². The first-order valence-corrected chi connectivity index (χ1v) is 8.90. The Balaban J connectivity index is 1.57. The second-order valence-corrected chi connectivity index (χ2v) is 6.50. The smallest absolute Gasteiger partial charge is 0.243 e. The molecule has 2 aromatic rings. The number of hydrogen-bond donors (Lipinski definition) is 1. The van der Waals surface area contributed by atoms with Crippen LogP contribution in [0.1, 0.15) is 13.3 Å². The van der Waals surface area contributed by atoms with Crippen molar-refractivity contribution in [3.05, 3.63) is 41.9 Å². The zero-order chi connectivity index (χ0) is 16.1. The van der Waals surface area contributed by atoms with E-state index in [-0.39, 0.29) is 11.9 Å². The van der Waals surface area contributed by atoms with E-state index in [4.69, 9.17) is 0 Å². The number of anilines is 2. The van der Waals surface area contributed by atoms with Gasteiger partial charge in [-0.3, -0.25) is 9.69 Å². The quantitative estimate of drug-likeness (QED) is 0.916. The number of amides is 1.